The zero-order chi connectivity index (χ0) is 22.5. The van der Waals surface area contributed by atoms with E-state index in [1.54, 1.807) is 19.2 Å². The lowest BCUT2D eigenvalue weighted by Gasteiger charge is -2.49. The molecule has 0 spiro atoms. The second-order valence-electron chi connectivity index (χ2n) is 8.50. The first-order valence-electron chi connectivity index (χ1n) is 11.1. The molecule has 2 aliphatic rings. The molecule has 2 aromatic carbocycles. The third-order valence-corrected chi connectivity index (χ3v) is 6.40. The van der Waals surface area contributed by atoms with Gasteiger partial charge in [-0.25, -0.2) is 0 Å². The highest BCUT2D eigenvalue weighted by atomic mass is 16.6. The van der Waals surface area contributed by atoms with Gasteiger partial charge in [-0.15, -0.1) is 0 Å². The summed E-state index contributed by atoms with van der Waals surface area (Å²) in [4.78, 5) is 28.8. The van der Waals surface area contributed by atoms with Crippen LogP contribution < -0.4 is 10.2 Å². The molecule has 2 atom stereocenters. The van der Waals surface area contributed by atoms with Crippen molar-refractivity contribution in [1.82, 2.24) is 10.2 Å². The summed E-state index contributed by atoms with van der Waals surface area (Å²) in [5.41, 5.74) is 3.23. The molecule has 0 aliphatic carbocycles. The van der Waals surface area contributed by atoms with Crippen molar-refractivity contribution in [1.29, 1.82) is 0 Å². The van der Waals surface area contributed by atoms with E-state index >= 15 is 0 Å². The molecule has 2 aromatic rings. The summed E-state index contributed by atoms with van der Waals surface area (Å²) in [7, 11) is 1.65. The highest BCUT2D eigenvalue weighted by Gasteiger charge is 2.41. The smallest absolute Gasteiger partial charge is 0.269 e. The van der Waals surface area contributed by atoms with Crippen molar-refractivity contribution in [2.24, 2.45) is 5.92 Å². The van der Waals surface area contributed by atoms with E-state index < -0.39 is 0 Å². The van der Waals surface area contributed by atoms with Crippen LogP contribution in [0.1, 0.15) is 17.5 Å². The molecule has 4 rings (SSSR count). The number of anilines is 1. The van der Waals surface area contributed by atoms with E-state index in [1.165, 1.54) is 5.56 Å². The van der Waals surface area contributed by atoms with E-state index in [1.807, 2.05) is 24.3 Å². The SMILES string of the molecule is COCCCNC(=O)[C@@H]1Cc2cc([N+](=O)[O-])ccc2N2CCN(Cc3ccccc3)C[C@H]12. The summed E-state index contributed by atoms with van der Waals surface area (Å²) < 4.78 is 5.08. The minimum Gasteiger partial charge on any atom is -0.385 e. The molecule has 32 heavy (non-hydrogen) atoms. The Kier molecular flexibility index (Phi) is 7.02. The average molecular weight is 439 g/mol. The van der Waals surface area contributed by atoms with Crippen LogP contribution in [0.4, 0.5) is 11.4 Å². The molecule has 2 aliphatic heterocycles. The first-order valence-corrected chi connectivity index (χ1v) is 11.1. The van der Waals surface area contributed by atoms with Crippen molar-refractivity contribution in [3.63, 3.8) is 0 Å². The van der Waals surface area contributed by atoms with Gasteiger partial charge in [-0.1, -0.05) is 30.3 Å². The fourth-order valence-electron chi connectivity index (χ4n) is 4.83. The Morgan fingerprint density at radius 3 is 2.78 bits per heavy atom. The summed E-state index contributed by atoms with van der Waals surface area (Å²) in [5, 5.41) is 14.4. The number of rotatable bonds is 8. The maximum Gasteiger partial charge on any atom is 0.269 e. The van der Waals surface area contributed by atoms with Crippen molar-refractivity contribution < 1.29 is 14.5 Å². The quantitative estimate of drug-likeness (QED) is 0.387. The van der Waals surface area contributed by atoms with Gasteiger partial charge < -0.3 is 15.0 Å². The van der Waals surface area contributed by atoms with Gasteiger partial charge in [-0.3, -0.25) is 19.8 Å². The minimum atomic E-state index is -0.371. The molecule has 0 bridgehead atoms. The molecule has 1 fully saturated rings. The lowest BCUT2D eigenvalue weighted by molar-refractivity contribution is -0.384. The lowest BCUT2D eigenvalue weighted by atomic mass is 9.83. The standard InChI is InChI=1S/C24H30N4O4/c1-32-13-5-10-25-24(29)21-15-19-14-20(28(30)31)8-9-22(19)27-12-11-26(17-23(21)27)16-18-6-3-2-4-7-18/h2-4,6-9,14,21,23H,5,10-13,15-17H2,1H3,(H,25,29)/t21-,23-/m1/s1. The maximum atomic E-state index is 13.2. The summed E-state index contributed by atoms with van der Waals surface area (Å²) in [5.74, 6) is -0.250. The Balaban J connectivity index is 1.56. The van der Waals surface area contributed by atoms with E-state index in [9.17, 15) is 14.9 Å². The number of nitro groups is 1. The van der Waals surface area contributed by atoms with Crippen LogP contribution in [0.15, 0.2) is 48.5 Å². The molecule has 0 unspecified atom stereocenters. The van der Waals surface area contributed by atoms with Crippen LogP contribution in [0, 0.1) is 16.0 Å². The number of hydrogen-bond donors (Lipinski definition) is 1. The highest BCUT2D eigenvalue weighted by molar-refractivity contribution is 5.82. The maximum absolute atomic E-state index is 13.2. The van der Waals surface area contributed by atoms with Crippen molar-refractivity contribution >= 4 is 17.3 Å². The minimum absolute atomic E-state index is 0.00909. The Morgan fingerprint density at radius 1 is 1.22 bits per heavy atom. The zero-order valence-corrected chi connectivity index (χ0v) is 18.4. The number of nitro benzene ring substituents is 1. The first kappa shape index (κ1) is 22.2. The number of non-ortho nitro benzene ring substituents is 1. The Hall–Kier alpha value is -2.97. The molecule has 8 nitrogen and oxygen atoms in total. The van der Waals surface area contributed by atoms with Crippen LogP contribution in [0.2, 0.25) is 0 Å². The fourth-order valence-corrected chi connectivity index (χ4v) is 4.83. The van der Waals surface area contributed by atoms with Gasteiger partial charge in [0.25, 0.3) is 5.69 Å². The topological polar surface area (TPSA) is 87.9 Å². The summed E-state index contributed by atoms with van der Waals surface area (Å²) in [6.07, 6.45) is 1.26. The molecule has 0 saturated carbocycles. The fraction of sp³-hybridized carbons (Fsp3) is 0.458. The molecule has 8 heteroatoms. The number of nitrogens with zero attached hydrogens (tertiary/aromatic N) is 3. The number of hydrogen-bond acceptors (Lipinski definition) is 6. The molecule has 1 amide bonds. The summed E-state index contributed by atoms with van der Waals surface area (Å²) in [6, 6.07) is 15.4. The van der Waals surface area contributed by atoms with Gasteiger partial charge in [0.05, 0.1) is 16.9 Å². The van der Waals surface area contributed by atoms with Gasteiger partial charge in [-0.05, 0) is 30.0 Å². The predicted octanol–water partition coefficient (Wildman–Crippen LogP) is 2.61. The Labute approximate surface area is 188 Å². The predicted molar refractivity (Wildman–Crippen MR) is 123 cm³/mol. The lowest BCUT2D eigenvalue weighted by Crippen LogP contribution is -2.60. The van der Waals surface area contributed by atoms with Gasteiger partial charge in [0.2, 0.25) is 5.91 Å². The van der Waals surface area contributed by atoms with Crippen LogP contribution in [-0.4, -0.2) is 61.7 Å². The van der Waals surface area contributed by atoms with Gasteiger partial charge in [-0.2, -0.15) is 0 Å². The van der Waals surface area contributed by atoms with Gasteiger partial charge in [0.15, 0.2) is 0 Å². The van der Waals surface area contributed by atoms with Gasteiger partial charge in [0.1, 0.15) is 0 Å². The largest absolute Gasteiger partial charge is 0.385 e. The first-order chi connectivity index (χ1) is 15.6. The number of nitrogens with one attached hydrogen (secondary N) is 1. The number of amides is 1. The molecule has 2 heterocycles. The number of piperazine rings is 1. The molecule has 170 valence electrons. The molecule has 1 N–H and O–H groups in total. The van der Waals surface area contributed by atoms with Crippen LogP contribution >= 0.6 is 0 Å². The van der Waals surface area contributed by atoms with Crippen molar-refractivity contribution in [3.05, 3.63) is 69.8 Å². The average Bonchev–Trinajstić information content (AvgIpc) is 2.81. The Bertz CT molecular complexity index is 952. The molecular formula is C24H30N4O4. The van der Waals surface area contributed by atoms with E-state index in [0.717, 1.165) is 43.9 Å². The van der Waals surface area contributed by atoms with E-state index in [0.29, 0.717) is 19.6 Å². The summed E-state index contributed by atoms with van der Waals surface area (Å²) in [6.45, 7) is 4.45. The molecule has 0 radical (unpaired) electrons. The van der Waals surface area contributed by atoms with E-state index in [2.05, 4.69) is 27.2 Å². The summed E-state index contributed by atoms with van der Waals surface area (Å²) >= 11 is 0. The number of fused-ring (bicyclic) bond motifs is 3. The van der Waals surface area contributed by atoms with E-state index in [4.69, 9.17) is 4.74 Å². The van der Waals surface area contributed by atoms with Crippen LogP contribution in [-0.2, 0) is 22.5 Å². The van der Waals surface area contributed by atoms with E-state index in [-0.39, 0.29) is 28.5 Å². The van der Waals surface area contributed by atoms with Gasteiger partial charge in [0, 0.05) is 64.3 Å². The molecule has 1 saturated heterocycles. The van der Waals surface area contributed by atoms with Crippen molar-refractivity contribution in [2.45, 2.75) is 25.4 Å². The Morgan fingerprint density at radius 2 is 2.03 bits per heavy atom. The van der Waals surface area contributed by atoms with Crippen LogP contribution in [0.25, 0.3) is 0 Å². The van der Waals surface area contributed by atoms with Crippen molar-refractivity contribution in [3.8, 4) is 0 Å². The third-order valence-electron chi connectivity index (χ3n) is 6.40. The number of methoxy groups -OCH3 is 1. The normalized spacial score (nSPS) is 20.3. The van der Waals surface area contributed by atoms with Crippen LogP contribution in [0.3, 0.4) is 0 Å². The molecule has 0 aromatic heterocycles. The zero-order valence-electron chi connectivity index (χ0n) is 18.4. The van der Waals surface area contributed by atoms with Crippen LogP contribution in [0.5, 0.6) is 0 Å². The highest BCUT2D eigenvalue weighted by Crippen LogP contribution is 2.38. The second kappa shape index (κ2) is 10.1. The molecular weight excluding hydrogens is 408 g/mol. The second-order valence-corrected chi connectivity index (χ2v) is 8.50. The number of ether oxygens (including phenoxy) is 1. The number of carbonyl (C=O) groups is 1. The number of carbonyl (C=O) groups excluding carboxylic acids is 1. The monoisotopic (exact) mass is 438 g/mol. The number of benzene rings is 2. The van der Waals surface area contributed by atoms with Crippen molar-refractivity contribution in [2.75, 3.05) is 44.8 Å². The van der Waals surface area contributed by atoms with Gasteiger partial charge >= 0.3 is 0 Å². The third kappa shape index (κ3) is 4.92.